The zero-order valence-electron chi connectivity index (χ0n) is 11.0. The fourth-order valence-corrected chi connectivity index (χ4v) is 2.27. The Morgan fingerprint density at radius 3 is 2.83 bits per heavy atom. The number of nitrogens with zero attached hydrogens (tertiary/aromatic N) is 1. The lowest BCUT2D eigenvalue weighted by atomic mass is 10.2. The number of carbonyl (C=O) groups is 2. The molecule has 2 amide bonds. The lowest BCUT2D eigenvalue weighted by molar-refractivity contribution is -0.141. The molecule has 1 aliphatic heterocycles. The van der Waals surface area contributed by atoms with Crippen molar-refractivity contribution in [3.8, 4) is 0 Å². The highest BCUT2D eigenvalue weighted by Crippen LogP contribution is 2.17. The molecule has 1 rings (SSSR count). The molecule has 0 aromatic heterocycles. The van der Waals surface area contributed by atoms with Crippen LogP contribution in [0.5, 0.6) is 0 Å². The summed E-state index contributed by atoms with van der Waals surface area (Å²) in [6.45, 7) is 2.99. The highest BCUT2D eigenvalue weighted by atomic mass is 16.5. The Morgan fingerprint density at radius 1 is 1.56 bits per heavy atom. The number of methoxy groups -OCH3 is 1. The molecule has 1 heterocycles. The van der Waals surface area contributed by atoms with E-state index in [1.807, 2.05) is 6.92 Å². The van der Waals surface area contributed by atoms with Crippen LogP contribution in [0.25, 0.3) is 0 Å². The molecular weight excluding hydrogens is 236 g/mol. The third-order valence-corrected chi connectivity index (χ3v) is 3.13. The highest BCUT2D eigenvalue weighted by Gasteiger charge is 2.34. The molecule has 1 saturated heterocycles. The van der Waals surface area contributed by atoms with Crippen LogP contribution in [-0.4, -0.2) is 54.4 Å². The second-order valence-corrected chi connectivity index (χ2v) is 4.58. The fraction of sp³-hybridized carbons (Fsp3) is 0.833. The van der Waals surface area contributed by atoms with Crippen LogP contribution in [-0.2, 0) is 9.53 Å². The van der Waals surface area contributed by atoms with Gasteiger partial charge in [-0.25, -0.2) is 9.59 Å². The van der Waals surface area contributed by atoms with Crippen LogP contribution in [0, 0.1) is 0 Å². The van der Waals surface area contributed by atoms with Gasteiger partial charge in [0, 0.05) is 13.7 Å². The van der Waals surface area contributed by atoms with Gasteiger partial charge in [-0.15, -0.1) is 0 Å². The molecule has 0 bridgehead atoms. The van der Waals surface area contributed by atoms with Gasteiger partial charge in [-0.3, -0.25) is 0 Å². The van der Waals surface area contributed by atoms with Crippen molar-refractivity contribution in [2.45, 2.75) is 44.7 Å². The van der Waals surface area contributed by atoms with E-state index in [1.54, 1.807) is 7.11 Å². The number of hydrogen-bond acceptors (Lipinski definition) is 3. The summed E-state index contributed by atoms with van der Waals surface area (Å²) in [4.78, 5) is 24.4. The van der Waals surface area contributed by atoms with Crippen LogP contribution in [0.3, 0.4) is 0 Å². The van der Waals surface area contributed by atoms with E-state index in [9.17, 15) is 9.59 Å². The van der Waals surface area contributed by atoms with E-state index < -0.39 is 12.0 Å². The summed E-state index contributed by atoms with van der Waals surface area (Å²) in [7, 11) is 1.59. The van der Waals surface area contributed by atoms with Crippen LogP contribution in [0.4, 0.5) is 4.79 Å². The Morgan fingerprint density at radius 2 is 2.28 bits per heavy atom. The Balaban J connectivity index is 2.54. The fourth-order valence-electron chi connectivity index (χ4n) is 2.27. The Kier molecular flexibility index (Phi) is 5.91. The summed E-state index contributed by atoms with van der Waals surface area (Å²) >= 11 is 0. The van der Waals surface area contributed by atoms with Gasteiger partial charge in [-0.2, -0.15) is 0 Å². The Bertz CT molecular complexity index is 290. The van der Waals surface area contributed by atoms with Gasteiger partial charge in [0.2, 0.25) is 0 Å². The van der Waals surface area contributed by atoms with Crippen molar-refractivity contribution >= 4 is 12.0 Å². The summed E-state index contributed by atoms with van der Waals surface area (Å²) in [6.07, 6.45) is 3.04. The lowest BCUT2D eigenvalue weighted by Crippen LogP contribution is -2.50. The van der Waals surface area contributed by atoms with Crippen molar-refractivity contribution in [3.05, 3.63) is 0 Å². The predicted molar refractivity (Wildman–Crippen MR) is 66.5 cm³/mol. The van der Waals surface area contributed by atoms with Crippen LogP contribution >= 0.6 is 0 Å². The van der Waals surface area contributed by atoms with E-state index in [2.05, 4.69) is 5.32 Å². The van der Waals surface area contributed by atoms with Crippen molar-refractivity contribution in [3.63, 3.8) is 0 Å². The van der Waals surface area contributed by atoms with Gasteiger partial charge in [0.05, 0.1) is 12.6 Å². The maximum Gasteiger partial charge on any atom is 0.326 e. The molecule has 6 nitrogen and oxygen atoms in total. The monoisotopic (exact) mass is 258 g/mol. The molecule has 6 heteroatoms. The SMILES string of the molecule is CCCC(COC)NC(=O)N1CCC[C@H]1C(=O)O. The molecule has 0 aromatic carbocycles. The predicted octanol–water partition coefficient (Wildman–Crippen LogP) is 1.06. The number of urea groups is 1. The van der Waals surface area contributed by atoms with Crippen molar-refractivity contribution in [1.29, 1.82) is 0 Å². The van der Waals surface area contributed by atoms with Gasteiger partial charge in [0.1, 0.15) is 6.04 Å². The van der Waals surface area contributed by atoms with Crippen LogP contribution in [0.2, 0.25) is 0 Å². The molecule has 2 N–H and O–H groups in total. The first-order valence-electron chi connectivity index (χ1n) is 6.39. The number of likely N-dealkylation sites (tertiary alicyclic amines) is 1. The van der Waals surface area contributed by atoms with Crippen molar-refractivity contribution in [2.75, 3.05) is 20.3 Å². The second-order valence-electron chi connectivity index (χ2n) is 4.58. The number of aliphatic carboxylic acids is 1. The van der Waals surface area contributed by atoms with Crippen molar-refractivity contribution in [2.24, 2.45) is 0 Å². The zero-order valence-corrected chi connectivity index (χ0v) is 11.0. The Hall–Kier alpha value is -1.30. The third kappa shape index (κ3) is 3.87. The lowest BCUT2D eigenvalue weighted by Gasteiger charge is -2.25. The first kappa shape index (κ1) is 14.8. The first-order valence-corrected chi connectivity index (χ1v) is 6.39. The number of amides is 2. The molecule has 0 aliphatic carbocycles. The topological polar surface area (TPSA) is 78.9 Å². The molecule has 1 fully saturated rings. The van der Waals surface area contributed by atoms with E-state index >= 15 is 0 Å². The number of nitrogens with one attached hydrogen (secondary N) is 1. The van der Waals surface area contributed by atoms with E-state index in [0.717, 1.165) is 19.3 Å². The minimum absolute atomic E-state index is 0.0532. The molecule has 104 valence electrons. The summed E-state index contributed by atoms with van der Waals surface area (Å²) in [5.41, 5.74) is 0. The minimum atomic E-state index is -0.929. The number of rotatable bonds is 6. The average molecular weight is 258 g/mol. The largest absolute Gasteiger partial charge is 0.480 e. The maximum atomic E-state index is 12.0. The first-order chi connectivity index (χ1) is 8.60. The molecule has 0 saturated carbocycles. The van der Waals surface area contributed by atoms with Gasteiger partial charge in [0.15, 0.2) is 0 Å². The normalized spacial score (nSPS) is 20.8. The van der Waals surface area contributed by atoms with E-state index in [1.165, 1.54) is 4.90 Å². The van der Waals surface area contributed by atoms with Crippen LogP contribution < -0.4 is 5.32 Å². The van der Waals surface area contributed by atoms with E-state index in [4.69, 9.17) is 9.84 Å². The maximum absolute atomic E-state index is 12.0. The van der Waals surface area contributed by atoms with Gasteiger partial charge in [-0.1, -0.05) is 13.3 Å². The summed E-state index contributed by atoms with van der Waals surface area (Å²) in [5.74, 6) is -0.929. The number of carboxylic acids is 1. The average Bonchev–Trinajstić information content (AvgIpc) is 2.78. The minimum Gasteiger partial charge on any atom is -0.480 e. The van der Waals surface area contributed by atoms with E-state index in [0.29, 0.717) is 19.6 Å². The van der Waals surface area contributed by atoms with Crippen molar-refractivity contribution < 1.29 is 19.4 Å². The molecule has 0 radical (unpaired) electrons. The molecule has 0 aromatic rings. The van der Waals surface area contributed by atoms with Gasteiger partial charge >= 0.3 is 12.0 Å². The van der Waals surface area contributed by atoms with E-state index in [-0.39, 0.29) is 12.1 Å². The Labute approximate surface area is 107 Å². The van der Waals surface area contributed by atoms with Gasteiger partial charge in [-0.05, 0) is 19.3 Å². The summed E-state index contributed by atoms with van der Waals surface area (Å²) in [5, 5.41) is 11.9. The number of ether oxygens (including phenoxy) is 1. The second kappa shape index (κ2) is 7.20. The third-order valence-electron chi connectivity index (χ3n) is 3.13. The number of carboxylic acid groups (broad SMARTS) is 1. The van der Waals surface area contributed by atoms with Crippen LogP contribution in [0.1, 0.15) is 32.6 Å². The molecular formula is C12H22N2O4. The molecule has 18 heavy (non-hydrogen) atoms. The summed E-state index contributed by atoms with van der Waals surface area (Å²) < 4.78 is 5.04. The van der Waals surface area contributed by atoms with Crippen molar-refractivity contribution in [1.82, 2.24) is 10.2 Å². The van der Waals surface area contributed by atoms with Crippen LogP contribution in [0.15, 0.2) is 0 Å². The summed E-state index contributed by atoms with van der Waals surface area (Å²) in [6, 6.07) is -1.03. The number of hydrogen-bond donors (Lipinski definition) is 2. The van der Waals surface area contributed by atoms with Gasteiger partial charge in [0.25, 0.3) is 0 Å². The highest BCUT2D eigenvalue weighted by molar-refractivity contribution is 5.83. The zero-order chi connectivity index (χ0) is 13.5. The smallest absolute Gasteiger partial charge is 0.326 e. The number of carbonyl (C=O) groups excluding carboxylic acids is 1. The molecule has 0 spiro atoms. The molecule has 2 atom stereocenters. The van der Waals surface area contributed by atoms with Gasteiger partial charge < -0.3 is 20.1 Å². The molecule has 1 unspecified atom stereocenters. The standard InChI is InChI=1S/C12H22N2O4/c1-3-5-9(8-18-2)13-12(17)14-7-4-6-10(14)11(15)16/h9-10H,3-8H2,1-2H3,(H,13,17)(H,15,16)/t9?,10-/m0/s1. The molecule has 1 aliphatic rings. The quantitative estimate of drug-likeness (QED) is 0.746.